The van der Waals surface area contributed by atoms with E-state index in [0.717, 1.165) is 25.2 Å². The highest BCUT2D eigenvalue weighted by Crippen LogP contribution is 2.04. The summed E-state index contributed by atoms with van der Waals surface area (Å²) in [5.74, 6) is 0.0272. The highest BCUT2D eigenvalue weighted by atomic mass is 35.5. The van der Waals surface area contributed by atoms with E-state index in [9.17, 15) is 4.79 Å². The molecule has 120 valence electrons. The number of carbonyl (C=O) groups excluding carboxylic acids is 1. The molecule has 3 N–H and O–H groups in total. The fourth-order valence-electron chi connectivity index (χ4n) is 1.95. The number of nitrogens with one attached hydrogen (secondary N) is 3. The lowest BCUT2D eigenvalue weighted by molar-refractivity contribution is -0.125. The van der Waals surface area contributed by atoms with E-state index in [0.29, 0.717) is 19.8 Å². The topological polar surface area (TPSA) is 62.4 Å². The van der Waals surface area contributed by atoms with Gasteiger partial charge < -0.3 is 20.7 Å². The Morgan fingerprint density at radius 3 is 2.67 bits per heavy atom. The number of benzene rings is 1. The molecule has 7 heteroatoms. The zero-order valence-corrected chi connectivity index (χ0v) is 13.5. The Hall–Kier alpha value is -1.01. The second-order valence-electron chi connectivity index (χ2n) is 4.52. The summed E-state index contributed by atoms with van der Waals surface area (Å²) in [5.41, 5.74) is 1.11. The van der Waals surface area contributed by atoms with Gasteiger partial charge in [-0.05, 0) is 18.6 Å². The van der Waals surface area contributed by atoms with E-state index >= 15 is 0 Å². The Morgan fingerprint density at radius 1 is 1.24 bits per heavy atom. The minimum absolute atomic E-state index is 0. The van der Waals surface area contributed by atoms with E-state index in [4.69, 9.17) is 4.74 Å². The molecule has 0 radical (unpaired) electrons. The van der Waals surface area contributed by atoms with Crippen molar-refractivity contribution in [2.24, 2.45) is 0 Å². The number of amides is 1. The van der Waals surface area contributed by atoms with Crippen molar-refractivity contribution in [2.45, 2.75) is 12.5 Å². The van der Waals surface area contributed by atoms with Crippen LogP contribution in [0, 0.1) is 0 Å². The molecule has 1 aromatic rings. The zero-order chi connectivity index (χ0) is 13.3. The van der Waals surface area contributed by atoms with Gasteiger partial charge in [-0.1, -0.05) is 18.2 Å². The van der Waals surface area contributed by atoms with Crippen LogP contribution < -0.4 is 16.0 Å². The monoisotopic (exact) mass is 335 g/mol. The van der Waals surface area contributed by atoms with Crippen molar-refractivity contribution in [3.05, 3.63) is 30.3 Å². The summed E-state index contributed by atoms with van der Waals surface area (Å²) in [4.78, 5) is 11.8. The van der Waals surface area contributed by atoms with E-state index in [1.54, 1.807) is 0 Å². The summed E-state index contributed by atoms with van der Waals surface area (Å²) in [5, 5.41) is 9.36. The molecule has 1 saturated heterocycles. The average molecular weight is 336 g/mol. The van der Waals surface area contributed by atoms with Crippen molar-refractivity contribution in [1.29, 1.82) is 0 Å². The molecule has 0 spiro atoms. The van der Waals surface area contributed by atoms with Gasteiger partial charge in [0.15, 0.2) is 0 Å². The Morgan fingerprint density at radius 2 is 2.00 bits per heavy atom. The predicted molar refractivity (Wildman–Crippen MR) is 89.7 cm³/mol. The molecule has 1 aliphatic heterocycles. The lowest BCUT2D eigenvalue weighted by Crippen LogP contribution is -2.51. The first-order chi connectivity index (χ1) is 9.36. The quantitative estimate of drug-likeness (QED) is 0.688. The van der Waals surface area contributed by atoms with E-state index in [1.165, 1.54) is 0 Å². The number of morpholine rings is 1. The molecule has 1 heterocycles. The lowest BCUT2D eigenvalue weighted by Gasteiger charge is -2.22. The fourth-order valence-corrected chi connectivity index (χ4v) is 1.95. The number of hydrogen-bond acceptors (Lipinski definition) is 4. The summed E-state index contributed by atoms with van der Waals surface area (Å²) in [6.07, 6.45) is 0.897. The maximum Gasteiger partial charge on any atom is 0.239 e. The summed E-state index contributed by atoms with van der Waals surface area (Å²) < 4.78 is 5.25. The first-order valence-corrected chi connectivity index (χ1v) is 6.74. The second-order valence-corrected chi connectivity index (χ2v) is 4.52. The molecule has 1 amide bonds. The number of carbonyl (C=O) groups is 1. The maximum absolute atomic E-state index is 11.8. The highest BCUT2D eigenvalue weighted by molar-refractivity contribution is 5.85. The van der Waals surface area contributed by atoms with Crippen LogP contribution in [0.5, 0.6) is 0 Å². The molecule has 1 fully saturated rings. The van der Waals surface area contributed by atoms with Crippen molar-refractivity contribution >= 4 is 36.4 Å². The first-order valence-electron chi connectivity index (χ1n) is 6.74. The molecule has 0 aromatic heterocycles. The van der Waals surface area contributed by atoms with Gasteiger partial charge in [-0.25, -0.2) is 0 Å². The zero-order valence-electron chi connectivity index (χ0n) is 11.8. The van der Waals surface area contributed by atoms with Crippen molar-refractivity contribution in [3.63, 3.8) is 0 Å². The lowest BCUT2D eigenvalue weighted by atomic mass is 10.2. The van der Waals surface area contributed by atoms with Crippen LogP contribution in [0.1, 0.15) is 6.42 Å². The van der Waals surface area contributed by atoms with E-state index < -0.39 is 0 Å². The fraction of sp³-hybridized carbons (Fsp3) is 0.500. The summed E-state index contributed by atoms with van der Waals surface area (Å²) in [6.45, 7) is 3.42. The summed E-state index contributed by atoms with van der Waals surface area (Å²) >= 11 is 0. The molecule has 0 aliphatic carbocycles. The standard InChI is InChI=1S/C14H21N3O2.2ClH/c18-14(13-11-19-10-9-16-13)17-8-4-7-15-12-5-2-1-3-6-12;;/h1-3,5-6,13,15-16H,4,7-11H2,(H,17,18);2*1H. The van der Waals surface area contributed by atoms with Gasteiger partial charge in [0, 0.05) is 25.3 Å². The minimum Gasteiger partial charge on any atom is -0.385 e. The van der Waals surface area contributed by atoms with Crippen LogP contribution in [0.4, 0.5) is 5.69 Å². The van der Waals surface area contributed by atoms with Gasteiger partial charge in [0.1, 0.15) is 6.04 Å². The Labute approximate surface area is 138 Å². The molecule has 1 atom stereocenters. The van der Waals surface area contributed by atoms with Crippen molar-refractivity contribution < 1.29 is 9.53 Å². The molecule has 1 aromatic carbocycles. The third-order valence-electron chi connectivity index (χ3n) is 2.99. The first kappa shape index (κ1) is 20.0. The Balaban J connectivity index is 0.00000200. The van der Waals surface area contributed by atoms with Gasteiger partial charge in [0.05, 0.1) is 13.2 Å². The molecule has 0 bridgehead atoms. The summed E-state index contributed by atoms with van der Waals surface area (Å²) in [6, 6.07) is 9.85. The predicted octanol–water partition coefficient (Wildman–Crippen LogP) is 1.44. The second kappa shape index (κ2) is 11.6. The highest BCUT2D eigenvalue weighted by Gasteiger charge is 2.20. The molecular formula is C14H23Cl2N3O2. The average Bonchev–Trinajstić information content (AvgIpc) is 2.49. The number of para-hydroxylation sites is 1. The van der Waals surface area contributed by atoms with Crippen LogP contribution in [0.3, 0.4) is 0 Å². The van der Waals surface area contributed by atoms with Crippen LogP contribution in [-0.2, 0) is 9.53 Å². The van der Waals surface area contributed by atoms with Crippen molar-refractivity contribution in [2.75, 3.05) is 38.2 Å². The Kier molecular flexibility index (Phi) is 11.1. The minimum atomic E-state index is -0.198. The number of ether oxygens (including phenoxy) is 1. The molecule has 1 aliphatic rings. The SMILES string of the molecule is Cl.Cl.O=C(NCCCNc1ccccc1)C1COCCN1. The molecule has 0 saturated carbocycles. The van der Waals surface area contributed by atoms with Crippen molar-refractivity contribution in [3.8, 4) is 0 Å². The molecule has 1 unspecified atom stereocenters. The summed E-state index contributed by atoms with van der Waals surface area (Å²) in [7, 11) is 0. The van der Waals surface area contributed by atoms with Crippen LogP contribution >= 0.6 is 24.8 Å². The van der Waals surface area contributed by atoms with E-state index in [-0.39, 0.29) is 36.8 Å². The number of hydrogen-bond donors (Lipinski definition) is 3. The van der Waals surface area contributed by atoms with Crippen LogP contribution in [0.15, 0.2) is 30.3 Å². The molecule has 5 nitrogen and oxygen atoms in total. The largest absolute Gasteiger partial charge is 0.385 e. The third-order valence-corrected chi connectivity index (χ3v) is 2.99. The third kappa shape index (κ3) is 7.52. The molecular weight excluding hydrogens is 313 g/mol. The van der Waals surface area contributed by atoms with Gasteiger partial charge in [-0.15, -0.1) is 24.8 Å². The van der Waals surface area contributed by atoms with Gasteiger partial charge in [0.25, 0.3) is 0 Å². The smallest absolute Gasteiger partial charge is 0.239 e. The number of rotatable bonds is 6. The van der Waals surface area contributed by atoms with Gasteiger partial charge in [-0.3, -0.25) is 4.79 Å². The molecule has 2 rings (SSSR count). The van der Waals surface area contributed by atoms with Crippen LogP contribution in [0.2, 0.25) is 0 Å². The van der Waals surface area contributed by atoms with Gasteiger partial charge in [-0.2, -0.15) is 0 Å². The van der Waals surface area contributed by atoms with E-state index in [1.807, 2.05) is 30.3 Å². The van der Waals surface area contributed by atoms with Crippen molar-refractivity contribution in [1.82, 2.24) is 10.6 Å². The normalized spacial score (nSPS) is 17.0. The number of halogens is 2. The van der Waals surface area contributed by atoms with E-state index in [2.05, 4.69) is 16.0 Å². The maximum atomic E-state index is 11.8. The number of anilines is 1. The Bertz CT molecular complexity index is 387. The molecule has 21 heavy (non-hydrogen) atoms. The van der Waals surface area contributed by atoms with Gasteiger partial charge in [0.2, 0.25) is 5.91 Å². The van der Waals surface area contributed by atoms with Gasteiger partial charge >= 0.3 is 0 Å². The van der Waals surface area contributed by atoms with Crippen LogP contribution in [0.25, 0.3) is 0 Å². The van der Waals surface area contributed by atoms with Crippen LogP contribution in [-0.4, -0.2) is 44.8 Å².